The first-order valence-electron chi connectivity index (χ1n) is 10.9. The molecule has 0 aromatic heterocycles. The lowest BCUT2D eigenvalue weighted by Gasteiger charge is -2.30. The molecule has 0 saturated carbocycles. The summed E-state index contributed by atoms with van der Waals surface area (Å²) in [6.45, 7) is 11.8. The molecule has 170 valence electrons. The summed E-state index contributed by atoms with van der Waals surface area (Å²) in [5, 5.41) is 10.8. The minimum Gasteiger partial charge on any atom is -0.503 e. The van der Waals surface area contributed by atoms with E-state index in [9.17, 15) is 14.7 Å². The summed E-state index contributed by atoms with van der Waals surface area (Å²) in [6.07, 6.45) is 0. The molecule has 1 atom stereocenters. The van der Waals surface area contributed by atoms with Gasteiger partial charge in [0.05, 0.1) is 11.6 Å². The fourth-order valence-corrected chi connectivity index (χ4v) is 3.90. The van der Waals surface area contributed by atoms with Crippen molar-refractivity contribution in [3.63, 3.8) is 0 Å². The van der Waals surface area contributed by atoms with Gasteiger partial charge in [0.2, 0.25) is 0 Å². The van der Waals surface area contributed by atoms with E-state index in [0.717, 1.165) is 16.8 Å². The fourth-order valence-electron chi connectivity index (χ4n) is 3.90. The molecule has 1 unspecified atom stereocenters. The van der Waals surface area contributed by atoms with Crippen LogP contribution in [0.3, 0.4) is 0 Å². The highest BCUT2D eigenvalue weighted by atomic mass is 16.3. The topological polar surface area (TPSA) is 60.9 Å². The minimum atomic E-state index is -0.738. The Bertz CT molecular complexity index is 1050. The van der Waals surface area contributed by atoms with E-state index in [2.05, 4.69) is 20.8 Å². The number of carbonyl (C=O) groups excluding carboxylic acids is 2. The van der Waals surface area contributed by atoms with Gasteiger partial charge in [0, 0.05) is 30.9 Å². The van der Waals surface area contributed by atoms with Crippen molar-refractivity contribution < 1.29 is 14.7 Å². The van der Waals surface area contributed by atoms with Gasteiger partial charge in [-0.1, -0.05) is 65.8 Å². The number of nitrogens with zero attached hydrogens (tertiary/aromatic N) is 2. The van der Waals surface area contributed by atoms with Gasteiger partial charge in [-0.15, -0.1) is 0 Å². The molecule has 2 aromatic carbocycles. The molecule has 5 heteroatoms. The zero-order valence-electron chi connectivity index (χ0n) is 20.4. The Labute approximate surface area is 191 Å². The third kappa shape index (κ3) is 4.29. The third-order valence-electron chi connectivity index (χ3n) is 5.87. The Morgan fingerprint density at radius 3 is 1.88 bits per heavy atom. The largest absolute Gasteiger partial charge is 0.503 e. The number of amides is 1. The van der Waals surface area contributed by atoms with Crippen LogP contribution in [-0.4, -0.2) is 30.9 Å². The first-order chi connectivity index (χ1) is 14.7. The van der Waals surface area contributed by atoms with Crippen LogP contribution in [0.5, 0.6) is 0 Å². The van der Waals surface area contributed by atoms with Crippen molar-refractivity contribution in [1.82, 2.24) is 0 Å². The van der Waals surface area contributed by atoms with Crippen LogP contribution in [0.25, 0.3) is 0 Å². The maximum absolute atomic E-state index is 13.3. The Hall–Kier alpha value is -3.08. The van der Waals surface area contributed by atoms with Gasteiger partial charge >= 0.3 is 0 Å². The monoisotopic (exact) mass is 434 g/mol. The van der Waals surface area contributed by atoms with Crippen LogP contribution in [0.15, 0.2) is 59.9 Å². The molecule has 0 aliphatic carbocycles. The van der Waals surface area contributed by atoms with Crippen LogP contribution in [-0.2, 0) is 15.0 Å². The van der Waals surface area contributed by atoms with Gasteiger partial charge in [0.15, 0.2) is 11.5 Å². The summed E-state index contributed by atoms with van der Waals surface area (Å²) >= 11 is 0. The zero-order valence-corrected chi connectivity index (χ0v) is 20.4. The molecule has 0 fully saturated rings. The summed E-state index contributed by atoms with van der Waals surface area (Å²) < 4.78 is 0. The number of carbonyl (C=O) groups is 2. The molecule has 1 aliphatic rings. The van der Waals surface area contributed by atoms with E-state index in [1.807, 2.05) is 67.5 Å². The molecule has 0 radical (unpaired) electrons. The molecular formula is C27H34N2O3. The first kappa shape index (κ1) is 23.6. The normalized spacial score (nSPS) is 17.2. The molecule has 1 amide bonds. The van der Waals surface area contributed by atoms with Crippen LogP contribution in [0.1, 0.15) is 58.7 Å². The second kappa shape index (κ2) is 8.12. The van der Waals surface area contributed by atoms with E-state index in [4.69, 9.17) is 0 Å². The molecule has 0 bridgehead atoms. The first-order valence-corrected chi connectivity index (χ1v) is 10.9. The lowest BCUT2D eigenvalue weighted by molar-refractivity contribution is -0.123. The van der Waals surface area contributed by atoms with Crippen LogP contribution < -0.4 is 9.80 Å². The molecule has 1 aliphatic heterocycles. The number of hydrogen-bond donors (Lipinski definition) is 1. The van der Waals surface area contributed by atoms with E-state index in [0.29, 0.717) is 5.69 Å². The Balaban J connectivity index is 2.16. The predicted molar refractivity (Wildman–Crippen MR) is 130 cm³/mol. The highest BCUT2D eigenvalue weighted by Crippen LogP contribution is 2.44. The molecule has 5 nitrogen and oxygen atoms in total. The summed E-state index contributed by atoms with van der Waals surface area (Å²) in [7, 11) is 3.90. The minimum absolute atomic E-state index is 0.0201. The van der Waals surface area contributed by atoms with Crippen molar-refractivity contribution in [3.8, 4) is 0 Å². The van der Waals surface area contributed by atoms with Crippen LogP contribution in [0.2, 0.25) is 0 Å². The quantitative estimate of drug-likeness (QED) is 0.684. The average Bonchev–Trinajstić information content (AvgIpc) is 2.97. The van der Waals surface area contributed by atoms with Gasteiger partial charge < -0.3 is 10.0 Å². The summed E-state index contributed by atoms with van der Waals surface area (Å²) in [4.78, 5) is 30.1. The van der Waals surface area contributed by atoms with Crippen LogP contribution in [0, 0.1) is 5.41 Å². The van der Waals surface area contributed by atoms with E-state index in [1.165, 1.54) is 4.90 Å². The summed E-state index contributed by atoms with van der Waals surface area (Å²) in [5.74, 6) is -1.26. The Morgan fingerprint density at radius 1 is 0.906 bits per heavy atom. The van der Waals surface area contributed by atoms with Gasteiger partial charge in [-0.2, -0.15) is 0 Å². The number of Topliss-reactive ketones (excluding diaryl/α,β-unsaturated/α-hetero) is 1. The molecule has 0 saturated heterocycles. The van der Waals surface area contributed by atoms with Crippen molar-refractivity contribution in [3.05, 3.63) is 71.0 Å². The molecular weight excluding hydrogens is 400 g/mol. The molecule has 1 heterocycles. The van der Waals surface area contributed by atoms with E-state index >= 15 is 0 Å². The lowest BCUT2D eigenvalue weighted by atomic mass is 9.81. The third-order valence-corrected chi connectivity index (χ3v) is 5.87. The van der Waals surface area contributed by atoms with Crippen LogP contribution >= 0.6 is 0 Å². The molecule has 2 aromatic rings. The zero-order chi connectivity index (χ0) is 24.0. The second-order valence-corrected chi connectivity index (χ2v) is 10.7. The van der Waals surface area contributed by atoms with Crippen molar-refractivity contribution in [2.45, 2.75) is 53.0 Å². The summed E-state index contributed by atoms with van der Waals surface area (Å²) in [6, 6.07) is 14.8. The fraction of sp³-hybridized carbons (Fsp3) is 0.407. The smallest absolute Gasteiger partial charge is 0.294 e. The second-order valence-electron chi connectivity index (χ2n) is 10.7. The highest BCUT2D eigenvalue weighted by molar-refractivity contribution is 6.17. The SMILES string of the molecule is CN(C)c1ccc(N2C(=O)C(O)=C(C(=O)C(C)(C)C)C2c2ccc(C(C)(C)C)cc2)cc1. The standard InChI is InChI=1S/C27H34N2O3/c1-26(2,3)18-11-9-17(10-12-18)22-21(24(31)27(4,5)6)23(30)25(32)29(22)20-15-13-19(14-16-20)28(7)8/h9-16,22,30H,1-8H3. The molecule has 0 spiro atoms. The molecule has 1 N–H and O–H groups in total. The Morgan fingerprint density at radius 2 is 1.44 bits per heavy atom. The Kier molecular flexibility index (Phi) is 5.98. The van der Waals surface area contributed by atoms with E-state index < -0.39 is 23.1 Å². The van der Waals surface area contributed by atoms with Gasteiger partial charge in [-0.3, -0.25) is 14.5 Å². The van der Waals surface area contributed by atoms with E-state index in [1.54, 1.807) is 20.8 Å². The maximum atomic E-state index is 13.3. The van der Waals surface area contributed by atoms with Gasteiger partial charge in [-0.05, 0) is 40.8 Å². The number of aliphatic hydroxyl groups is 1. The van der Waals surface area contributed by atoms with Crippen molar-refractivity contribution >= 4 is 23.1 Å². The number of ketones is 1. The van der Waals surface area contributed by atoms with Crippen molar-refractivity contribution in [2.75, 3.05) is 23.9 Å². The number of hydrogen-bond acceptors (Lipinski definition) is 4. The van der Waals surface area contributed by atoms with Crippen molar-refractivity contribution in [2.24, 2.45) is 5.41 Å². The average molecular weight is 435 g/mol. The molecule has 3 rings (SSSR count). The predicted octanol–water partition coefficient (Wildman–Crippen LogP) is 5.57. The van der Waals surface area contributed by atoms with Crippen LogP contribution in [0.4, 0.5) is 11.4 Å². The number of anilines is 2. The van der Waals surface area contributed by atoms with E-state index in [-0.39, 0.29) is 16.8 Å². The van der Waals surface area contributed by atoms with Gasteiger partial charge in [0.25, 0.3) is 5.91 Å². The number of rotatable bonds is 4. The summed E-state index contributed by atoms with van der Waals surface area (Å²) in [5.41, 5.74) is 2.97. The highest BCUT2D eigenvalue weighted by Gasteiger charge is 2.46. The number of benzene rings is 2. The lowest BCUT2D eigenvalue weighted by Crippen LogP contribution is -2.33. The maximum Gasteiger partial charge on any atom is 0.294 e. The molecule has 32 heavy (non-hydrogen) atoms. The van der Waals surface area contributed by atoms with Gasteiger partial charge in [0.1, 0.15) is 0 Å². The van der Waals surface area contributed by atoms with Crippen molar-refractivity contribution in [1.29, 1.82) is 0 Å². The van der Waals surface area contributed by atoms with Gasteiger partial charge in [-0.25, -0.2) is 0 Å². The number of aliphatic hydroxyl groups excluding tert-OH is 1.